The van der Waals surface area contributed by atoms with Gasteiger partial charge in [-0.15, -0.1) is 0 Å². The predicted octanol–water partition coefficient (Wildman–Crippen LogP) is 3.67. The molecule has 5 heteroatoms. The van der Waals surface area contributed by atoms with E-state index in [-0.39, 0.29) is 12.3 Å². The van der Waals surface area contributed by atoms with Crippen LogP contribution in [-0.4, -0.2) is 19.0 Å². The van der Waals surface area contributed by atoms with Crippen molar-refractivity contribution in [3.05, 3.63) is 23.2 Å². The second-order valence-corrected chi connectivity index (χ2v) is 6.31. The smallest absolute Gasteiger partial charge is 0.238 e. The second-order valence-electron chi connectivity index (χ2n) is 5.90. The molecule has 0 spiro atoms. The number of anilines is 2. The summed E-state index contributed by atoms with van der Waals surface area (Å²) in [7, 11) is 0. The Labute approximate surface area is 130 Å². The average molecular weight is 306 g/mol. The van der Waals surface area contributed by atoms with Gasteiger partial charge in [-0.25, -0.2) is 0 Å². The van der Waals surface area contributed by atoms with E-state index in [2.05, 4.69) is 24.1 Å². The number of piperidine rings is 1. The zero-order valence-electron chi connectivity index (χ0n) is 12.4. The Bertz CT molecular complexity index is 557. The van der Waals surface area contributed by atoms with E-state index in [1.54, 1.807) is 6.07 Å². The molecule has 2 unspecified atom stereocenters. The van der Waals surface area contributed by atoms with Crippen molar-refractivity contribution in [2.24, 2.45) is 11.8 Å². The highest BCUT2D eigenvalue weighted by Crippen LogP contribution is 2.33. The van der Waals surface area contributed by atoms with Crippen molar-refractivity contribution in [1.82, 2.24) is 0 Å². The Balaban J connectivity index is 2.12. The summed E-state index contributed by atoms with van der Waals surface area (Å²) in [4.78, 5) is 13.7. The van der Waals surface area contributed by atoms with Crippen molar-refractivity contribution in [1.29, 1.82) is 5.26 Å². The normalized spacial score (nSPS) is 21.7. The molecule has 1 aromatic carbocycles. The third kappa shape index (κ3) is 4.12. The van der Waals surface area contributed by atoms with E-state index in [4.69, 9.17) is 16.9 Å². The molecular weight excluding hydrogens is 286 g/mol. The highest BCUT2D eigenvalue weighted by Gasteiger charge is 2.23. The van der Waals surface area contributed by atoms with Gasteiger partial charge in [-0.05, 0) is 36.5 Å². The first-order valence-electron chi connectivity index (χ1n) is 7.21. The molecule has 0 aromatic heterocycles. The summed E-state index contributed by atoms with van der Waals surface area (Å²) in [6.45, 7) is 6.52. The fourth-order valence-electron chi connectivity index (χ4n) is 2.98. The lowest BCUT2D eigenvalue weighted by Gasteiger charge is -2.37. The maximum atomic E-state index is 11.4. The molecule has 0 saturated carbocycles. The van der Waals surface area contributed by atoms with Crippen molar-refractivity contribution < 1.29 is 4.79 Å². The first kappa shape index (κ1) is 15.7. The van der Waals surface area contributed by atoms with Crippen LogP contribution in [0.5, 0.6) is 0 Å². The Hall–Kier alpha value is -1.73. The third-order valence-corrected chi connectivity index (χ3v) is 3.98. The number of carbonyl (C=O) groups excluding carboxylic acids is 1. The average Bonchev–Trinajstić information content (AvgIpc) is 2.37. The standard InChI is InChI=1S/C16H20ClN3O/c1-11-7-12(2)10-20(9-11)15-4-3-13(8-14(15)17)19-16(21)5-6-18/h3-4,8,11-12H,5,7,9-10H2,1-2H3,(H,19,21). The molecule has 0 aliphatic carbocycles. The van der Waals surface area contributed by atoms with Crippen molar-refractivity contribution in [3.63, 3.8) is 0 Å². The number of halogens is 1. The molecule has 1 aromatic rings. The van der Waals surface area contributed by atoms with Crippen molar-refractivity contribution >= 4 is 28.9 Å². The molecule has 1 saturated heterocycles. The van der Waals surface area contributed by atoms with Gasteiger partial charge in [0.05, 0.1) is 16.8 Å². The SMILES string of the molecule is CC1CC(C)CN(c2ccc(NC(=O)CC#N)cc2Cl)C1. The number of nitriles is 1. The van der Waals surface area contributed by atoms with Crippen molar-refractivity contribution in [2.75, 3.05) is 23.3 Å². The summed E-state index contributed by atoms with van der Waals surface area (Å²) in [5.74, 6) is 0.987. The van der Waals surface area contributed by atoms with Gasteiger partial charge in [0.1, 0.15) is 6.42 Å². The van der Waals surface area contributed by atoms with Gasteiger partial charge in [0.15, 0.2) is 0 Å². The number of hydrogen-bond donors (Lipinski definition) is 1. The molecule has 2 rings (SSSR count). The van der Waals surface area contributed by atoms with E-state index < -0.39 is 0 Å². The van der Waals surface area contributed by atoms with Crippen LogP contribution in [0.3, 0.4) is 0 Å². The highest BCUT2D eigenvalue weighted by molar-refractivity contribution is 6.33. The van der Waals surface area contributed by atoms with E-state index in [1.807, 2.05) is 18.2 Å². The van der Waals surface area contributed by atoms with Gasteiger partial charge < -0.3 is 10.2 Å². The zero-order chi connectivity index (χ0) is 15.4. The molecule has 4 nitrogen and oxygen atoms in total. The molecule has 0 bridgehead atoms. The van der Waals surface area contributed by atoms with Crippen LogP contribution in [0.15, 0.2) is 18.2 Å². The molecule has 21 heavy (non-hydrogen) atoms. The highest BCUT2D eigenvalue weighted by atomic mass is 35.5. The maximum Gasteiger partial charge on any atom is 0.238 e. The molecule has 1 aliphatic rings. The number of nitrogens with zero attached hydrogens (tertiary/aromatic N) is 2. The van der Waals surface area contributed by atoms with Crippen LogP contribution >= 0.6 is 11.6 Å². The monoisotopic (exact) mass is 305 g/mol. The number of amides is 1. The van der Waals surface area contributed by atoms with Crippen LogP contribution in [0.4, 0.5) is 11.4 Å². The quantitative estimate of drug-likeness (QED) is 0.927. The molecule has 112 valence electrons. The Morgan fingerprint density at radius 3 is 2.67 bits per heavy atom. The van der Waals surface area contributed by atoms with Gasteiger partial charge in [-0.1, -0.05) is 25.4 Å². The van der Waals surface area contributed by atoms with Gasteiger partial charge in [0.25, 0.3) is 0 Å². The minimum Gasteiger partial charge on any atom is -0.370 e. The molecule has 0 radical (unpaired) electrons. The van der Waals surface area contributed by atoms with Crippen molar-refractivity contribution in [2.45, 2.75) is 26.7 Å². The van der Waals surface area contributed by atoms with Gasteiger partial charge in [0, 0.05) is 18.8 Å². The van der Waals surface area contributed by atoms with Crippen LogP contribution in [0, 0.1) is 23.2 Å². The summed E-state index contributed by atoms with van der Waals surface area (Å²) in [5.41, 5.74) is 1.63. The number of benzene rings is 1. The number of hydrogen-bond acceptors (Lipinski definition) is 3. The number of rotatable bonds is 3. The van der Waals surface area contributed by atoms with Crippen molar-refractivity contribution in [3.8, 4) is 6.07 Å². The second kappa shape index (κ2) is 6.82. The van der Waals surface area contributed by atoms with Gasteiger partial charge >= 0.3 is 0 Å². The number of carbonyl (C=O) groups is 1. The van der Waals surface area contributed by atoms with Gasteiger partial charge in [0.2, 0.25) is 5.91 Å². The fourth-order valence-corrected chi connectivity index (χ4v) is 3.28. The summed E-state index contributed by atoms with van der Waals surface area (Å²) < 4.78 is 0. The third-order valence-electron chi connectivity index (χ3n) is 3.68. The van der Waals surface area contributed by atoms with E-state index in [9.17, 15) is 4.79 Å². The number of nitrogens with one attached hydrogen (secondary N) is 1. The summed E-state index contributed by atoms with van der Waals surface area (Å²) in [6, 6.07) is 7.34. The molecule has 1 aliphatic heterocycles. The minimum atomic E-state index is -0.318. The molecule has 1 amide bonds. The molecule has 1 heterocycles. The largest absolute Gasteiger partial charge is 0.370 e. The summed E-state index contributed by atoms with van der Waals surface area (Å²) >= 11 is 6.36. The Kier molecular flexibility index (Phi) is 5.08. The molecule has 1 fully saturated rings. The molecule has 2 atom stereocenters. The van der Waals surface area contributed by atoms with Crippen LogP contribution in [0.1, 0.15) is 26.7 Å². The van der Waals surface area contributed by atoms with Crippen LogP contribution < -0.4 is 10.2 Å². The zero-order valence-corrected chi connectivity index (χ0v) is 13.2. The van der Waals surface area contributed by atoms with E-state index >= 15 is 0 Å². The first-order valence-corrected chi connectivity index (χ1v) is 7.58. The van der Waals surface area contributed by atoms with E-state index in [0.717, 1.165) is 18.8 Å². The summed E-state index contributed by atoms with van der Waals surface area (Å²) in [6.07, 6.45) is 1.09. The fraction of sp³-hybridized carbons (Fsp3) is 0.500. The van der Waals surface area contributed by atoms with E-state index in [0.29, 0.717) is 22.5 Å². The van der Waals surface area contributed by atoms with Gasteiger partial charge in [-0.2, -0.15) is 5.26 Å². The predicted molar refractivity (Wildman–Crippen MR) is 85.5 cm³/mol. The Morgan fingerprint density at radius 1 is 1.43 bits per heavy atom. The molecular formula is C16H20ClN3O. The minimum absolute atomic E-state index is 0.152. The van der Waals surface area contributed by atoms with Crippen LogP contribution in [-0.2, 0) is 4.79 Å². The lowest BCUT2D eigenvalue weighted by Crippen LogP contribution is -2.38. The van der Waals surface area contributed by atoms with Gasteiger partial charge in [-0.3, -0.25) is 4.79 Å². The Morgan fingerprint density at radius 2 is 2.10 bits per heavy atom. The van der Waals surface area contributed by atoms with E-state index in [1.165, 1.54) is 6.42 Å². The first-order chi connectivity index (χ1) is 9.99. The van der Waals surface area contributed by atoms with Crippen LogP contribution in [0.2, 0.25) is 5.02 Å². The lowest BCUT2D eigenvalue weighted by molar-refractivity contribution is -0.115. The lowest BCUT2D eigenvalue weighted by atomic mass is 9.91. The maximum absolute atomic E-state index is 11.4. The summed E-state index contributed by atoms with van der Waals surface area (Å²) in [5, 5.41) is 11.8. The topological polar surface area (TPSA) is 56.1 Å². The molecule has 1 N–H and O–H groups in total. The van der Waals surface area contributed by atoms with Crippen LogP contribution in [0.25, 0.3) is 0 Å².